The third-order valence-electron chi connectivity index (χ3n) is 0.857. The summed E-state index contributed by atoms with van der Waals surface area (Å²) in [4.78, 5) is 0. The van der Waals surface area contributed by atoms with Crippen LogP contribution in [0.5, 0.6) is 0 Å². The highest BCUT2D eigenvalue weighted by Gasteiger charge is 2.48. The molecule has 0 aliphatic rings. The van der Waals surface area contributed by atoms with Crippen molar-refractivity contribution in [1.82, 2.24) is 0 Å². The van der Waals surface area contributed by atoms with E-state index in [1.54, 1.807) is 0 Å². The molecule has 0 fully saturated rings. The first-order valence-corrected chi connectivity index (χ1v) is 5.40. The van der Waals surface area contributed by atoms with Crippen LogP contribution in [0.3, 0.4) is 0 Å². The Morgan fingerprint density at radius 2 is 1.36 bits per heavy atom. The van der Waals surface area contributed by atoms with Gasteiger partial charge in [0.25, 0.3) is 0 Å². The lowest BCUT2D eigenvalue weighted by Crippen LogP contribution is -2.06. The quantitative estimate of drug-likeness (QED) is 0.580. The van der Waals surface area contributed by atoms with E-state index in [1.165, 1.54) is 0 Å². The predicted molar refractivity (Wildman–Crippen MR) is 30.5 cm³/mol. The summed E-state index contributed by atoms with van der Waals surface area (Å²) in [6.45, 7) is -1.74. The minimum absolute atomic E-state index is 1.74. The van der Waals surface area contributed by atoms with E-state index in [4.69, 9.17) is 5.11 Å². The highest BCUT2D eigenvalue weighted by molar-refractivity contribution is 7.72. The Kier molecular flexibility index (Phi) is 3.29. The molecule has 0 rings (SSSR count). The predicted octanol–water partition coefficient (Wildman–Crippen LogP) is 2.57. The van der Waals surface area contributed by atoms with Crippen molar-refractivity contribution >= 4 is 15.5 Å². The van der Waals surface area contributed by atoms with Gasteiger partial charge >= 0.3 is 15.5 Å². The molecule has 0 unspecified atom stereocenters. The van der Waals surface area contributed by atoms with Crippen LogP contribution in [0.15, 0.2) is 0 Å². The van der Waals surface area contributed by atoms with Gasteiger partial charge in [0.05, 0.1) is 6.61 Å². The fourth-order valence-electron chi connectivity index (χ4n) is 0.347. The van der Waals surface area contributed by atoms with Crippen molar-refractivity contribution in [3.8, 4) is 0 Å². The molecule has 0 heterocycles. The molecule has 0 amide bonds. The van der Waals surface area contributed by atoms with Crippen LogP contribution in [0, 0.1) is 0 Å². The third kappa shape index (κ3) is 3.36. The van der Waals surface area contributed by atoms with Gasteiger partial charge in [-0.05, 0) is 0 Å². The summed E-state index contributed by atoms with van der Waals surface area (Å²) in [6, 6.07) is 0. The van der Waals surface area contributed by atoms with Gasteiger partial charge in [-0.2, -0.15) is 16.8 Å². The Hall–Kier alpha value is 0.140. The van der Waals surface area contributed by atoms with E-state index in [0.29, 0.717) is 0 Å². The first-order chi connectivity index (χ1) is 4.69. The normalized spacial score (nSPS) is 14.0. The maximum absolute atomic E-state index is 11.6. The molecule has 0 aromatic heterocycles. The molecule has 0 saturated carbocycles. The number of aliphatic hydroxyl groups excluding tert-OH is 1. The summed E-state index contributed by atoms with van der Waals surface area (Å²) in [5, 5.41) is 4.71. The molecule has 1 N–H and O–H groups in total. The van der Waals surface area contributed by atoms with Gasteiger partial charge in [0.15, 0.2) is 0 Å². The molecule has 3 nitrogen and oxygen atoms in total. The summed E-state index contributed by atoms with van der Waals surface area (Å²) in [6.07, 6.45) is 0. The van der Waals surface area contributed by atoms with Crippen molar-refractivity contribution < 1.29 is 31.0 Å². The van der Waals surface area contributed by atoms with Gasteiger partial charge < -0.3 is 5.11 Å². The molecule has 0 spiro atoms. The van der Waals surface area contributed by atoms with Crippen LogP contribution in [0.2, 0.25) is 0 Å². The van der Waals surface area contributed by atoms with Gasteiger partial charge in [-0.1, -0.05) is 0 Å². The van der Waals surface area contributed by atoms with E-state index in [2.05, 4.69) is 0 Å². The van der Waals surface area contributed by atoms with Gasteiger partial charge in [0, 0.05) is 0 Å². The molecule has 0 aliphatic heterocycles. The Morgan fingerprint density at radius 3 is 1.36 bits per heavy atom. The van der Waals surface area contributed by atoms with Gasteiger partial charge in [-0.3, -0.25) is 0 Å². The number of halogens is 4. The van der Waals surface area contributed by atoms with Crippen molar-refractivity contribution in [2.24, 2.45) is 0 Å². The molecule has 9 heteroatoms. The molecule has 11 heavy (non-hydrogen) atoms. The Balaban J connectivity index is 4.72. The number of hydrogen-bond donors (Lipinski definition) is 1. The lowest BCUT2D eigenvalue weighted by atomic mass is 10.9. The van der Waals surface area contributed by atoms with Crippen LogP contribution >= 0.6 is 15.5 Å². The standard InChI is InChI=1S/C2H4F4O3P2/c3-10(4,8)2(1-7)11(5,6)9/h2,7H,1H2. The minimum Gasteiger partial charge on any atom is -0.395 e. The van der Waals surface area contributed by atoms with E-state index in [1.807, 2.05) is 0 Å². The molecule has 0 saturated heterocycles. The van der Waals surface area contributed by atoms with Gasteiger partial charge in [-0.25, -0.2) is 9.13 Å². The van der Waals surface area contributed by atoms with Crippen molar-refractivity contribution in [1.29, 1.82) is 0 Å². The molecule has 0 atom stereocenters. The maximum Gasteiger partial charge on any atom is 0.420 e. The van der Waals surface area contributed by atoms with Gasteiger partial charge in [-0.15, -0.1) is 0 Å². The average Bonchev–Trinajstić information content (AvgIpc) is 1.56. The van der Waals surface area contributed by atoms with Crippen LogP contribution in [-0.4, -0.2) is 17.1 Å². The van der Waals surface area contributed by atoms with Crippen molar-refractivity contribution in [2.45, 2.75) is 5.40 Å². The number of aliphatic hydroxyl groups is 1. The molecule has 68 valence electrons. The van der Waals surface area contributed by atoms with E-state index in [9.17, 15) is 25.9 Å². The monoisotopic (exact) mass is 214 g/mol. The molecule has 0 bridgehead atoms. The van der Waals surface area contributed by atoms with Crippen LogP contribution in [-0.2, 0) is 9.13 Å². The van der Waals surface area contributed by atoms with Gasteiger partial charge in [0.2, 0.25) is 5.40 Å². The summed E-state index contributed by atoms with van der Waals surface area (Å²) >= 11 is 0. The molecular weight excluding hydrogens is 210 g/mol. The van der Waals surface area contributed by atoms with E-state index in [0.717, 1.165) is 0 Å². The molecular formula is C2H4F4O3P2. The summed E-state index contributed by atoms with van der Waals surface area (Å²) in [5.74, 6) is 0. The summed E-state index contributed by atoms with van der Waals surface area (Å²) in [7, 11) is -12.3. The average molecular weight is 214 g/mol. The van der Waals surface area contributed by atoms with Crippen molar-refractivity contribution in [2.75, 3.05) is 6.61 Å². The molecule has 0 aromatic rings. The van der Waals surface area contributed by atoms with E-state index >= 15 is 0 Å². The topological polar surface area (TPSA) is 54.4 Å². The maximum atomic E-state index is 11.6. The highest BCUT2D eigenvalue weighted by atomic mass is 31.3. The zero-order chi connectivity index (χ0) is 9.28. The largest absolute Gasteiger partial charge is 0.420 e. The summed E-state index contributed by atoms with van der Waals surface area (Å²) < 4.78 is 65.8. The van der Waals surface area contributed by atoms with Crippen molar-refractivity contribution in [3.05, 3.63) is 0 Å². The second-order valence-corrected chi connectivity index (χ2v) is 5.33. The SMILES string of the molecule is O=P(F)(F)C(CO)P(=O)(F)F. The third-order valence-corrected chi connectivity index (χ3v) is 4.18. The van der Waals surface area contributed by atoms with Crippen LogP contribution in [0.25, 0.3) is 0 Å². The molecule has 0 aliphatic carbocycles. The van der Waals surface area contributed by atoms with Gasteiger partial charge in [0.1, 0.15) is 0 Å². The molecule has 0 aromatic carbocycles. The zero-order valence-electron chi connectivity index (χ0n) is 4.95. The fraction of sp³-hybridized carbons (Fsp3) is 1.00. The minimum atomic E-state index is -6.16. The lowest BCUT2D eigenvalue weighted by molar-refractivity contribution is 0.295. The van der Waals surface area contributed by atoms with Crippen LogP contribution < -0.4 is 0 Å². The van der Waals surface area contributed by atoms with E-state index < -0.39 is 27.5 Å². The fourth-order valence-corrected chi connectivity index (χ4v) is 1.98. The Labute approximate surface area is 59.6 Å². The Morgan fingerprint density at radius 1 is 1.09 bits per heavy atom. The zero-order valence-corrected chi connectivity index (χ0v) is 6.74. The number of rotatable bonds is 3. The first kappa shape index (κ1) is 11.1. The number of hydrogen-bond acceptors (Lipinski definition) is 3. The van der Waals surface area contributed by atoms with E-state index in [-0.39, 0.29) is 0 Å². The van der Waals surface area contributed by atoms with Crippen molar-refractivity contribution in [3.63, 3.8) is 0 Å². The molecule has 0 radical (unpaired) electrons. The van der Waals surface area contributed by atoms with Crippen LogP contribution in [0.4, 0.5) is 16.8 Å². The Bertz CT molecular complexity index is 195. The highest BCUT2D eigenvalue weighted by Crippen LogP contribution is 2.71. The lowest BCUT2D eigenvalue weighted by Gasteiger charge is -2.09. The second-order valence-electron chi connectivity index (χ2n) is 1.67. The summed E-state index contributed by atoms with van der Waals surface area (Å²) in [5.41, 5.74) is 0. The smallest absolute Gasteiger partial charge is 0.395 e. The first-order valence-electron chi connectivity index (χ1n) is 2.28. The van der Waals surface area contributed by atoms with Crippen LogP contribution in [0.1, 0.15) is 0 Å². The second kappa shape index (κ2) is 3.25.